The van der Waals surface area contributed by atoms with Crippen LogP contribution in [0, 0.1) is 0 Å². The van der Waals surface area contributed by atoms with Crippen molar-refractivity contribution in [2.45, 2.75) is 418 Å². The highest BCUT2D eigenvalue weighted by Crippen LogP contribution is 2.19. The first-order valence-electron chi connectivity index (χ1n) is 34.4. The Morgan fingerprint density at radius 3 is 0.753 bits per heavy atom. The molecule has 0 heterocycles. The molecular formula is C69H137NO3. The van der Waals surface area contributed by atoms with Crippen molar-refractivity contribution in [1.29, 1.82) is 0 Å². The third-order valence-corrected chi connectivity index (χ3v) is 16.5. The molecule has 0 radical (unpaired) electrons. The lowest BCUT2D eigenvalue weighted by molar-refractivity contribution is -0.123. The summed E-state index contributed by atoms with van der Waals surface area (Å²) in [6, 6.07) is -0.534. The first-order chi connectivity index (χ1) is 36.2. The summed E-state index contributed by atoms with van der Waals surface area (Å²) in [5, 5.41) is 23.4. The largest absolute Gasteiger partial charge is 0.394 e. The summed E-state index contributed by atoms with van der Waals surface area (Å²) in [4.78, 5) is 12.6. The lowest BCUT2D eigenvalue weighted by atomic mass is 10.0. The molecule has 0 rings (SSSR count). The minimum Gasteiger partial charge on any atom is -0.394 e. The van der Waals surface area contributed by atoms with E-state index in [9.17, 15) is 15.0 Å². The van der Waals surface area contributed by atoms with Crippen molar-refractivity contribution >= 4 is 5.91 Å². The Morgan fingerprint density at radius 2 is 0.521 bits per heavy atom. The van der Waals surface area contributed by atoms with E-state index in [1.807, 2.05) is 0 Å². The van der Waals surface area contributed by atoms with E-state index < -0.39 is 12.1 Å². The molecule has 0 fully saturated rings. The van der Waals surface area contributed by atoms with Gasteiger partial charge in [0.1, 0.15) is 0 Å². The van der Waals surface area contributed by atoms with Gasteiger partial charge in [-0.2, -0.15) is 0 Å². The van der Waals surface area contributed by atoms with Gasteiger partial charge >= 0.3 is 0 Å². The molecule has 436 valence electrons. The highest BCUT2D eigenvalue weighted by Gasteiger charge is 2.20. The Labute approximate surface area is 460 Å². The third-order valence-electron chi connectivity index (χ3n) is 16.5. The van der Waals surface area contributed by atoms with E-state index in [2.05, 4.69) is 31.3 Å². The molecule has 0 aromatic heterocycles. The van der Waals surface area contributed by atoms with E-state index in [0.29, 0.717) is 12.8 Å². The number of carbonyl (C=O) groups excluding carboxylic acids is 1. The molecule has 0 aliphatic heterocycles. The van der Waals surface area contributed by atoms with Gasteiger partial charge in [-0.05, 0) is 38.5 Å². The summed E-state index contributed by atoms with van der Waals surface area (Å²) < 4.78 is 0. The van der Waals surface area contributed by atoms with Crippen LogP contribution in [-0.4, -0.2) is 34.9 Å². The first kappa shape index (κ1) is 72.1. The minimum atomic E-state index is -0.657. The fourth-order valence-corrected chi connectivity index (χ4v) is 11.3. The summed E-state index contributed by atoms with van der Waals surface area (Å²) >= 11 is 0. The Balaban J connectivity index is 3.36. The van der Waals surface area contributed by atoms with Crippen LogP contribution in [0.15, 0.2) is 12.2 Å². The molecule has 2 atom stereocenters. The van der Waals surface area contributed by atoms with Gasteiger partial charge < -0.3 is 15.5 Å². The molecule has 0 spiro atoms. The smallest absolute Gasteiger partial charge is 0.220 e. The summed E-state index contributed by atoms with van der Waals surface area (Å²) in [5.41, 5.74) is 0. The maximum Gasteiger partial charge on any atom is 0.220 e. The average molecular weight is 1030 g/mol. The van der Waals surface area contributed by atoms with Crippen LogP contribution in [0.25, 0.3) is 0 Å². The van der Waals surface area contributed by atoms with Crippen LogP contribution in [0.4, 0.5) is 0 Å². The maximum atomic E-state index is 12.6. The van der Waals surface area contributed by atoms with E-state index in [0.717, 1.165) is 25.7 Å². The van der Waals surface area contributed by atoms with Gasteiger partial charge in [0.15, 0.2) is 0 Å². The van der Waals surface area contributed by atoms with Gasteiger partial charge in [0.25, 0.3) is 0 Å². The molecule has 4 heteroatoms. The second-order valence-electron chi connectivity index (χ2n) is 24.0. The molecule has 0 bridgehead atoms. The second kappa shape index (κ2) is 65.4. The molecule has 0 aromatic rings. The molecule has 0 saturated carbocycles. The Hall–Kier alpha value is -0.870. The van der Waals surface area contributed by atoms with Crippen LogP contribution in [0.5, 0.6) is 0 Å². The predicted octanol–water partition coefficient (Wildman–Crippen LogP) is 23.2. The number of amides is 1. The van der Waals surface area contributed by atoms with Crippen molar-refractivity contribution in [3.8, 4) is 0 Å². The molecule has 3 N–H and O–H groups in total. The number of hydrogen-bond donors (Lipinski definition) is 3. The van der Waals surface area contributed by atoms with Crippen LogP contribution >= 0.6 is 0 Å². The number of nitrogens with one attached hydrogen (secondary N) is 1. The van der Waals surface area contributed by atoms with Crippen LogP contribution in [0.2, 0.25) is 0 Å². The van der Waals surface area contributed by atoms with Crippen molar-refractivity contribution in [3.05, 3.63) is 12.2 Å². The third kappa shape index (κ3) is 61.9. The molecule has 1 amide bonds. The zero-order valence-electron chi connectivity index (χ0n) is 50.5. The number of allylic oxidation sites excluding steroid dienone is 2. The van der Waals surface area contributed by atoms with E-state index in [1.54, 1.807) is 0 Å². The van der Waals surface area contributed by atoms with E-state index in [1.165, 1.54) is 353 Å². The van der Waals surface area contributed by atoms with Crippen molar-refractivity contribution < 1.29 is 15.0 Å². The summed E-state index contributed by atoms with van der Waals surface area (Å²) in [7, 11) is 0. The van der Waals surface area contributed by atoms with Crippen LogP contribution in [0.3, 0.4) is 0 Å². The van der Waals surface area contributed by atoms with Crippen LogP contribution in [-0.2, 0) is 4.79 Å². The van der Waals surface area contributed by atoms with E-state index in [4.69, 9.17) is 0 Å². The zero-order valence-corrected chi connectivity index (χ0v) is 50.5. The van der Waals surface area contributed by atoms with E-state index in [-0.39, 0.29) is 12.5 Å². The molecule has 73 heavy (non-hydrogen) atoms. The lowest BCUT2D eigenvalue weighted by Crippen LogP contribution is -2.45. The Morgan fingerprint density at radius 1 is 0.315 bits per heavy atom. The number of unbranched alkanes of at least 4 members (excludes halogenated alkanes) is 56. The van der Waals surface area contributed by atoms with Crippen molar-refractivity contribution in [2.24, 2.45) is 0 Å². The predicted molar refractivity (Wildman–Crippen MR) is 327 cm³/mol. The number of carbonyl (C=O) groups is 1. The van der Waals surface area contributed by atoms with Gasteiger partial charge in [-0.15, -0.1) is 0 Å². The van der Waals surface area contributed by atoms with Crippen LogP contribution < -0.4 is 5.32 Å². The van der Waals surface area contributed by atoms with Crippen molar-refractivity contribution in [2.75, 3.05) is 6.61 Å². The molecule has 0 aliphatic rings. The first-order valence-corrected chi connectivity index (χ1v) is 34.4. The standard InChI is InChI=1S/C69H137NO3/c1-3-5-7-9-11-13-15-17-19-21-23-25-27-29-30-31-32-33-34-35-36-37-38-39-40-41-43-45-47-49-51-53-55-57-59-61-63-65-69(73)70-67(66-71)68(72)64-62-60-58-56-54-52-50-48-46-44-42-28-26-24-22-20-18-16-14-12-10-8-6-4-2/h21,23,67-68,71-72H,3-20,22,24-66H2,1-2H3,(H,70,73)/b23-21-. The highest BCUT2D eigenvalue weighted by molar-refractivity contribution is 5.76. The van der Waals surface area contributed by atoms with Gasteiger partial charge in [-0.1, -0.05) is 373 Å². The van der Waals surface area contributed by atoms with Gasteiger partial charge in [0.2, 0.25) is 5.91 Å². The van der Waals surface area contributed by atoms with Gasteiger partial charge in [-0.25, -0.2) is 0 Å². The fraction of sp³-hybridized carbons (Fsp3) is 0.957. The molecule has 2 unspecified atom stereocenters. The topological polar surface area (TPSA) is 69.6 Å². The number of aliphatic hydroxyl groups excluding tert-OH is 2. The molecule has 0 aliphatic carbocycles. The quantitative estimate of drug-likeness (QED) is 0.0420. The fourth-order valence-electron chi connectivity index (χ4n) is 11.3. The molecule has 4 nitrogen and oxygen atoms in total. The maximum absolute atomic E-state index is 12.6. The Kier molecular flexibility index (Phi) is 64.6. The summed E-state index contributed by atoms with van der Waals surface area (Å²) in [5.74, 6) is -0.0206. The minimum absolute atomic E-state index is 0.0206. The normalized spacial score (nSPS) is 12.7. The summed E-state index contributed by atoms with van der Waals surface area (Å²) in [6.07, 6.45) is 87.0. The average Bonchev–Trinajstić information content (AvgIpc) is 3.40. The zero-order chi connectivity index (χ0) is 52.7. The Bertz CT molecular complexity index is 1030. The second-order valence-corrected chi connectivity index (χ2v) is 24.0. The van der Waals surface area contributed by atoms with E-state index >= 15 is 0 Å². The molecule has 0 aromatic carbocycles. The molecule has 0 saturated heterocycles. The SMILES string of the molecule is CCCCCCCCCC/C=C\CCCCCCCCCCCCCCCCCCCCCCCCCCCC(=O)NC(CO)C(O)CCCCCCCCCCCCCCCCCCCCCCCCCC. The van der Waals surface area contributed by atoms with Crippen LogP contribution in [0.1, 0.15) is 406 Å². The number of hydrogen-bond acceptors (Lipinski definition) is 3. The molecular weight excluding hydrogens is 891 g/mol. The monoisotopic (exact) mass is 1030 g/mol. The highest BCUT2D eigenvalue weighted by atomic mass is 16.3. The summed E-state index contributed by atoms with van der Waals surface area (Å²) in [6.45, 7) is 4.41. The van der Waals surface area contributed by atoms with Gasteiger partial charge in [0.05, 0.1) is 18.8 Å². The van der Waals surface area contributed by atoms with Crippen molar-refractivity contribution in [1.82, 2.24) is 5.32 Å². The number of rotatable bonds is 65. The van der Waals surface area contributed by atoms with Crippen molar-refractivity contribution in [3.63, 3.8) is 0 Å². The van der Waals surface area contributed by atoms with Gasteiger partial charge in [-0.3, -0.25) is 4.79 Å². The lowest BCUT2D eigenvalue weighted by Gasteiger charge is -2.22. The van der Waals surface area contributed by atoms with Gasteiger partial charge in [0, 0.05) is 6.42 Å². The number of aliphatic hydroxyl groups is 2.